The fourth-order valence-corrected chi connectivity index (χ4v) is 11.0. The number of amides is 4. The molecular weight excluding hydrogens is 1100 g/mol. The van der Waals surface area contributed by atoms with E-state index < -0.39 is 144 Å². The lowest BCUT2D eigenvalue weighted by molar-refractivity contribution is -0.238. The van der Waals surface area contributed by atoms with Crippen molar-refractivity contribution in [3.63, 3.8) is 0 Å². The van der Waals surface area contributed by atoms with Crippen molar-refractivity contribution in [2.45, 2.75) is 196 Å². The summed E-state index contributed by atoms with van der Waals surface area (Å²) >= 11 is 0. The van der Waals surface area contributed by atoms with Gasteiger partial charge in [-0.25, -0.2) is 14.4 Å². The van der Waals surface area contributed by atoms with Gasteiger partial charge in [-0.1, -0.05) is 79.1 Å². The summed E-state index contributed by atoms with van der Waals surface area (Å²) in [4.78, 5) is 98.5. The van der Waals surface area contributed by atoms with E-state index in [-0.39, 0.29) is 51.5 Å². The number of nitrogens with two attached hydrogens (primary N) is 1. The van der Waals surface area contributed by atoms with Crippen LogP contribution < -0.4 is 48.9 Å². The quantitative estimate of drug-likeness (QED) is 0.0303. The summed E-state index contributed by atoms with van der Waals surface area (Å²) in [5.41, 5.74) is 4.15. The first-order valence-corrected chi connectivity index (χ1v) is 29.5. The molecule has 30 heteroatoms. The molecule has 0 saturated carbocycles. The standard InChI is InChI=1S/C54H94N12O18/c1-30(2)35(49(74)75)62-53(78)63-36(32-17-20-58-52(56)59-32)47(73)61-37(39(68)31(3)4)46(72)57-19-16-23-65(22-15-13-11-9-7-6-8-10-12-14-21-64-25-27-81-28-26-64)38(50(76)77)43(84-51-45(80-5)40(69)33(29-55)82-51)44-41(70)42(71)48(83-44)66-24-18-34(67)60-54(66)79/h18,24,30-33,35-45,48,51,68-71H,6-17,19-23,25-29,55H2,1-5H3,(H,57,72)(H,61,73)(H,74,75)(H,76,77)(H3,56,58,59)(H,60,67,79)(H2,62,63,78)/t32?,33-,35?,36?,37?,38?,39?,40+,41-,42-,43?,44+,45+,48-,51?/m1/s1. The van der Waals surface area contributed by atoms with E-state index in [0.29, 0.717) is 12.8 Å². The number of aromatic amines is 1. The fourth-order valence-electron chi connectivity index (χ4n) is 11.0. The lowest BCUT2D eigenvalue weighted by atomic mass is 9.96. The highest BCUT2D eigenvalue weighted by Gasteiger charge is 2.55. The zero-order valence-electron chi connectivity index (χ0n) is 49.0. The number of methoxy groups -OCH3 is 1. The SMILES string of the molecule is CO[C@@H]1C(OC(C(C(=O)O)N(CCCCCCCCCCCCN2CCOCC2)CCCNC(=O)C(NC(=O)C(NC(=O)NC(C(=O)O)C(C)C)C2CCNC(=N)N2)C(O)C(C)C)[C@H]2O[C@@H](n3ccc(=O)[nH]c3=O)[C@H](O)[C@H]2O)O[C@H](CN)[C@@H]1O. The number of nitrogens with one attached hydrogen (secondary N) is 8. The summed E-state index contributed by atoms with van der Waals surface area (Å²) in [5, 5.41) is 90.5. The Bertz CT molecular complexity index is 2360. The number of aliphatic hydroxyl groups is 4. The number of morpholine rings is 1. The Balaban J connectivity index is 1.36. The third-order valence-corrected chi connectivity index (χ3v) is 15.8. The number of ether oxygens (including phenoxy) is 5. The highest BCUT2D eigenvalue weighted by atomic mass is 16.7. The molecule has 4 aliphatic rings. The number of hydrogen-bond donors (Lipinski definition) is 15. The number of aromatic nitrogens is 2. The Hall–Kier alpha value is -5.38. The number of aliphatic hydroxyl groups excluding tert-OH is 4. The molecule has 0 aliphatic carbocycles. The molecule has 4 aliphatic heterocycles. The van der Waals surface area contributed by atoms with Crippen molar-refractivity contribution in [3.8, 4) is 0 Å². The monoisotopic (exact) mass is 1200 g/mol. The number of carbonyl (C=O) groups excluding carboxylic acids is 3. The molecule has 15 atom stereocenters. The number of hydrogen-bond acceptors (Lipinski definition) is 20. The molecule has 0 spiro atoms. The lowest BCUT2D eigenvalue weighted by Gasteiger charge is -2.39. The van der Waals surface area contributed by atoms with Crippen molar-refractivity contribution < 1.29 is 78.3 Å². The van der Waals surface area contributed by atoms with Crippen LogP contribution in [-0.4, -0.2) is 244 Å². The van der Waals surface area contributed by atoms with Crippen molar-refractivity contribution in [2.24, 2.45) is 17.6 Å². The van der Waals surface area contributed by atoms with Gasteiger partial charge >= 0.3 is 23.7 Å². The molecule has 16 N–H and O–H groups in total. The van der Waals surface area contributed by atoms with E-state index in [1.54, 1.807) is 32.6 Å². The Morgan fingerprint density at radius 2 is 1.46 bits per heavy atom. The second-order valence-electron chi connectivity index (χ2n) is 22.7. The van der Waals surface area contributed by atoms with Crippen molar-refractivity contribution >= 4 is 35.7 Å². The Morgan fingerprint density at radius 3 is 2.05 bits per heavy atom. The van der Waals surface area contributed by atoms with E-state index in [1.807, 2.05) is 0 Å². The Labute approximate surface area is 489 Å². The number of H-pyrrole nitrogens is 1. The van der Waals surface area contributed by atoms with Crippen molar-refractivity contribution in [1.29, 1.82) is 5.41 Å². The van der Waals surface area contributed by atoms with Crippen LogP contribution in [0.15, 0.2) is 21.9 Å². The maximum absolute atomic E-state index is 14.2. The molecule has 0 aromatic carbocycles. The summed E-state index contributed by atoms with van der Waals surface area (Å²) in [6.07, 6.45) is -4.72. The minimum atomic E-state index is -1.92. The van der Waals surface area contributed by atoms with Crippen LogP contribution in [0.1, 0.15) is 111 Å². The molecule has 1 aromatic rings. The van der Waals surface area contributed by atoms with Crippen LogP contribution in [0.25, 0.3) is 0 Å². The number of unbranched alkanes of at least 4 members (excludes halogenated alkanes) is 9. The molecule has 478 valence electrons. The number of carbonyl (C=O) groups is 5. The maximum Gasteiger partial charge on any atom is 0.330 e. The van der Waals surface area contributed by atoms with Crippen LogP contribution in [0, 0.1) is 17.2 Å². The Kier molecular flexibility index (Phi) is 28.7. The molecule has 4 saturated heterocycles. The van der Waals surface area contributed by atoms with E-state index >= 15 is 0 Å². The van der Waals surface area contributed by atoms with Crippen LogP contribution in [0.4, 0.5) is 4.79 Å². The van der Waals surface area contributed by atoms with E-state index in [1.165, 1.54) is 7.11 Å². The molecule has 30 nitrogen and oxygen atoms in total. The third kappa shape index (κ3) is 20.1. The second kappa shape index (κ2) is 34.7. The van der Waals surface area contributed by atoms with Crippen molar-refractivity contribution in [2.75, 3.05) is 72.7 Å². The van der Waals surface area contributed by atoms with Crippen LogP contribution >= 0.6 is 0 Å². The van der Waals surface area contributed by atoms with Gasteiger partial charge in [0, 0.05) is 58.6 Å². The molecule has 4 amide bonds. The predicted octanol–water partition coefficient (Wildman–Crippen LogP) is -2.74. The molecule has 0 bridgehead atoms. The number of urea groups is 1. The molecule has 4 fully saturated rings. The lowest BCUT2D eigenvalue weighted by Crippen LogP contribution is -2.67. The van der Waals surface area contributed by atoms with Gasteiger partial charge in [0.05, 0.1) is 25.4 Å². The largest absolute Gasteiger partial charge is 0.480 e. The second-order valence-corrected chi connectivity index (χ2v) is 22.7. The fraction of sp³-hybridized carbons (Fsp3) is 0.815. The van der Waals surface area contributed by atoms with Gasteiger partial charge in [-0.3, -0.25) is 43.9 Å². The summed E-state index contributed by atoms with van der Waals surface area (Å²) in [6, 6.07) is -7.12. The van der Waals surface area contributed by atoms with Gasteiger partial charge in [0.15, 0.2) is 18.5 Å². The zero-order valence-corrected chi connectivity index (χ0v) is 49.0. The van der Waals surface area contributed by atoms with Gasteiger partial charge in [-0.15, -0.1) is 0 Å². The molecular formula is C54H94N12O18. The zero-order chi connectivity index (χ0) is 61.6. The van der Waals surface area contributed by atoms with Gasteiger partial charge in [-0.2, -0.15) is 0 Å². The minimum Gasteiger partial charge on any atom is -0.480 e. The molecule has 5 heterocycles. The average molecular weight is 1200 g/mol. The molecule has 84 heavy (non-hydrogen) atoms. The van der Waals surface area contributed by atoms with Gasteiger partial charge in [-0.05, 0) is 50.6 Å². The summed E-state index contributed by atoms with van der Waals surface area (Å²) in [7, 11) is 1.27. The number of rotatable bonds is 36. The van der Waals surface area contributed by atoms with E-state index in [2.05, 4.69) is 41.8 Å². The third-order valence-electron chi connectivity index (χ3n) is 15.8. The van der Waals surface area contributed by atoms with Crippen molar-refractivity contribution in [1.82, 2.24) is 51.3 Å². The highest BCUT2D eigenvalue weighted by Crippen LogP contribution is 2.36. The van der Waals surface area contributed by atoms with Gasteiger partial charge < -0.3 is 92.0 Å². The van der Waals surface area contributed by atoms with Gasteiger partial charge in [0.25, 0.3) is 5.56 Å². The van der Waals surface area contributed by atoms with E-state index in [9.17, 15) is 64.2 Å². The van der Waals surface area contributed by atoms with E-state index in [4.69, 9.17) is 34.8 Å². The summed E-state index contributed by atoms with van der Waals surface area (Å²) in [6.45, 7) is 10.9. The first kappa shape index (κ1) is 69.4. The number of guanidine groups is 1. The number of aliphatic carboxylic acids is 2. The summed E-state index contributed by atoms with van der Waals surface area (Å²) in [5.74, 6) is -5.89. The predicted molar refractivity (Wildman–Crippen MR) is 302 cm³/mol. The number of carboxylic acids is 2. The average Bonchev–Trinajstić information content (AvgIpc) is 2.42. The number of nitrogens with zero attached hydrogens (tertiary/aromatic N) is 3. The van der Waals surface area contributed by atoms with Crippen LogP contribution in [-0.2, 0) is 42.9 Å². The topological polar surface area (TPSA) is 436 Å². The number of carboxylic acid groups (broad SMARTS) is 2. The van der Waals surface area contributed by atoms with E-state index in [0.717, 1.165) is 101 Å². The van der Waals surface area contributed by atoms with Crippen LogP contribution in [0.5, 0.6) is 0 Å². The van der Waals surface area contributed by atoms with Crippen LogP contribution in [0.2, 0.25) is 0 Å². The first-order valence-electron chi connectivity index (χ1n) is 29.5. The molecule has 0 radical (unpaired) electrons. The molecule has 1 aromatic heterocycles. The van der Waals surface area contributed by atoms with Gasteiger partial charge in [0.1, 0.15) is 66.9 Å². The molecule has 8 unspecified atom stereocenters. The van der Waals surface area contributed by atoms with Crippen molar-refractivity contribution in [3.05, 3.63) is 33.1 Å². The smallest absolute Gasteiger partial charge is 0.330 e. The van der Waals surface area contributed by atoms with Crippen LogP contribution in [0.3, 0.4) is 0 Å². The normalized spacial score (nSPS) is 26.0. The first-order chi connectivity index (χ1) is 40.1. The Morgan fingerprint density at radius 1 is 0.821 bits per heavy atom. The summed E-state index contributed by atoms with van der Waals surface area (Å²) < 4.78 is 30.4. The highest BCUT2D eigenvalue weighted by molar-refractivity contribution is 5.94. The molecule has 5 rings (SSSR count). The van der Waals surface area contributed by atoms with Gasteiger partial charge in [0.2, 0.25) is 11.8 Å². The minimum absolute atomic E-state index is 0.0276. The maximum atomic E-state index is 14.2.